The molecule has 2 aliphatic heterocycles. The average Bonchev–Trinajstić information content (AvgIpc) is 2.75. The first-order valence-electron chi connectivity index (χ1n) is 10.7. The van der Waals surface area contributed by atoms with Gasteiger partial charge in [0.2, 0.25) is 17.7 Å². The fraction of sp³-hybridized carbons (Fsp3) is 0.375. The molecule has 7 heteroatoms. The van der Waals surface area contributed by atoms with E-state index in [4.69, 9.17) is 0 Å². The molecule has 0 spiro atoms. The molecule has 2 aliphatic rings. The van der Waals surface area contributed by atoms with Crippen LogP contribution in [0.25, 0.3) is 0 Å². The van der Waals surface area contributed by atoms with Gasteiger partial charge in [-0.25, -0.2) is 0 Å². The van der Waals surface area contributed by atoms with Crippen LogP contribution in [0.4, 0.5) is 5.69 Å². The van der Waals surface area contributed by atoms with Crippen LogP contribution in [0.3, 0.4) is 0 Å². The van der Waals surface area contributed by atoms with Gasteiger partial charge in [0.1, 0.15) is 6.04 Å². The summed E-state index contributed by atoms with van der Waals surface area (Å²) in [5.74, 6) is -0.664. The zero-order valence-corrected chi connectivity index (χ0v) is 17.8. The number of amides is 3. The number of fused-ring (bicyclic) bond motifs is 1. The molecule has 0 aromatic heterocycles. The van der Waals surface area contributed by atoms with Gasteiger partial charge in [0.05, 0.1) is 13.0 Å². The number of carbonyl (C=O) groups excluding carboxylic acids is 3. The molecule has 0 saturated carbocycles. The summed E-state index contributed by atoms with van der Waals surface area (Å²) >= 11 is 0. The Morgan fingerprint density at radius 2 is 1.90 bits per heavy atom. The highest BCUT2D eigenvalue weighted by Gasteiger charge is 2.35. The predicted molar refractivity (Wildman–Crippen MR) is 118 cm³/mol. The van der Waals surface area contributed by atoms with Crippen LogP contribution >= 0.6 is 0 Å². The van der Waals surface area contributed by atoms with E-state index in [0.29, 0.717) is 18.8 Å². The third kappa shape index (κ3) is 5.11. The van der Waals surface area contributed by atoms with Crippen LogP contribution < -0.4 is 10.6 Å². The lowest BCUT2D eigenvalue weighted by molar-refractivity contribution is -0.145. The first kappa shape index (κ1) is 21.1. The molecule has 31 heavy (non-hydrogen) atoms. The largest absolute Gasteiger partial charge is 0.353 e. The number of hydrogen-bond donors (Lipinski definition) is 2. The fourth-order valence-electron chi connectivity index (χ4n) is 4.30. The first-order valence-corrected chi connectivity index (χ1v) is 10.7. The summed E-state index contributed by atoms with van der Waals surface area (Å²) in [6.07, 6.45) is 0.848. The smallest absolute Gasteiger partial charge is 0.243 e. The molecule has 2 aromatic rings. The number of aryl methyl sites for hydroxylation is 1. The van der Waals surface area contributed by atoms with E-state index in [2.05, 4.69) is 27.7 Å². The molecule has 0 radical (unpaired) electrons. The minimum absolute atomic E-state index is 0.0612. The molecule has 0 aliphatic carbocycles. The number of piperazine rings is 1. The SMILES string of the molecule is Cc1cccc(NC(=O)C[C@@H]2C(=O)NCCN2C(=O)CN2CCc3ccccc3C2)c1. The Morgan fingerprint density at radius 3 is 2.71 bits per heavy atom. The summed E-state index contributed by atoms with van der Waals surface area (Å²) in [5.41, 5.74) is 4.29. The molecule has 7 nitrogen and oxygen atoms in total. The van der Waals surface area contributed by atoms with Gasteiger partial charge in [-0.05, 0) is 42.2 Å². The summed E-state index contributed by atoms with van der Waals surface area (Å²) in [5, 5.41) is 5.62. The predicted octanol–water partition coefficient (Wildman–Crippen LogP) is 1.71. The molecule has 3 amide bonds. The van der Waals surface area contributed by atoms with Crippen molar-refractivity contribution in [2.75, 3.05) is 31.5 Å². The van der Waals surface area contributed by atoms with Gasteiger partial charge in [0.25, 0.3) is 0 Å². The van der Waals surface area contributed by atoms with E-state index in [1.54, 1.807) is 4.90 Å². The number of anilines is 1. The van der Waals surface area contributed by atoms with Crippen LogP contribution in [-0.4, -0.2) is 59.7 Å². The topological polar surface area (TPSA) is 81.8 Å². The average molecular weight is 421 g/mol. The summed E-state index contributed by atoms with van der Waals surface area (Å²) in [6, 6.07) is 15.0. The Bertz CT molecular complexity index is 990. The van der Waals surface area contributed by atoms with Crippen molar-refractivity contribution in [1.82, 2.24) is 15.1 Å². The summed E-state index contributed by atoms with van der Waals surface area (Å²) < 4.78 is 0. The van der Waals surface area contributed by atoms with Gasteiger partial charge in [0.15, 0.2) is 0 Å². The highest BCUT2D eigenvalue weighted by molar-refractivity contribution is 5.97. The molecule has 4 rings (SSSR count). The zero-order chi connectivity index (χ0) is 21.8. The van der Waals surface area contributed by atoms with E-state index in [1.165, 1.54) is 11.1 Å². The Hall–Kier alpha value is -3.19. The summed E-state index contributed by atoms with van der Waals surface area (Å²) in [4.78, 5) is 41.9. The molecular formula is C24H28N4O3. The molecule has 2 aromatic carbocycles. The molecule has 0 unspecified atom stereocenters. The van der Waals surface area contributed by atoms with Gasteiger partial charge in [-0.1, -0.05) is 36.4 Å². The van der Waals surface area contributed by atoms with Crippen LogP contribution in [0.15, 0.2) is 48.5 Å². The quantitative estimate of drug-likeness (QED) is 0.772. The normalized spacial score (nSPS) is 18.8. The van der Waals surface area contributed by atoms with E-state index in [1.807, 2.05) is 43.3 Å². The second-order valence-electron chi connectivity index (χ2n) is 8.25. The van der Waals surface area contributed by atoms with E-state index in [9.17, 15) is 14.4 Å². The van der Waals surface area contributed by atoms with E-state index in [0.717, 1.165) is 25.1 Å². The number of nitrogens with zero attached hydrogens (tertiary/aromatic N) is 2. The van der Waals surface area contributed by atoms with Crippen LogP contribution in [0.1, 0.15) is 23.1 Å². The number of nitrogens with one attached hydrogen (secondary N) is 2. The van der Waals surface area contributed by atoms with Crippen molar-refractivity contribution in [1.29, 1.82) is 0 Å². The Morgan fingerprint density at radius 1 is 1.10 bits per heavy atom. The van der Waals surface area contributed by atoms with Gasteiger partial charge < -0.3 is 15.5 Å². The maximum atomic E-state index is 13.1. The molecule has 1 atom stereocenters. The molecule has 2 N–H and O–H groups in total. The van der Waals surface area contributed by atoms with Crippen LogP contribution in [-0.2, 0) is 27.3 Å². The van der Waals surface area contributed by atoms with E-state index in [-0.39, 0.29) is 30.7 Å². The van der Waals surface area contributed by atoms with Crippen LogP contribution in [0.5, 0.6) is 0 Å². The molecule has 0 bridgehead atoms. The molecule has 1 saturated heterocycles. The van der Waals surface area contributed by atoms with Gasteiger partial charge in [-0.2, -0.15) is 0 Å². The Labute approximate surface area is 182 Å². The van der Waals surface area contributed by atoms with Crippen molar-refractivity contribution in [2.24, 2.45) is 0 Å². The van der Waals surface area contributed by atoms with Crippen molar-refractivity contribution in [2.45, 2.75) is 32.4 Å². The standard InChI is InChI=1S/C24H28N4O3/c1-17-5-4-8-20(13-17)26-22(29)14-21-24(31)25-10-12-28(21)23(30)16-27-11-9-18-6-2-3-7-19(18)15-27/h2-8,13,21H,9-12,14-16H2,1H3,(H,25,31)(H,26,29)/t21-/m1/s1. The maximum Gasteiger partial charge on any atom is 0.243 e. The monoisotopic (exact) mass is 420 g/mol. The lowest BCUT2D eigenvalue weighted by Gasteiger charge is -2.37. The minimum Gasteiger partial charge on any atom is -0.353 e. The number of benzene rings is 2. The number of carbonyl (C=O) groups is 3. The van der Waals surface area contributed by atoms with E-state index >= 15 is 0 Å². The molecule has 2 heterocycles. The molecule has 162 valence electrons. The van der Waals surface area contributed by atoms with Crippen LogP contribution in [0.2, 0.25) is 0 Å². The van der Waals surface area contributed by atoms with Gasteiger partial charge in [0, 0.05) is 31.9 Å². The second kappa shape index (κ2) is 9.31. The number of hydrogen-bond acceptors (Lipinski definition) is 4. The lowest BCUT2D eigenvalue weighted by atomic mass is 10.00. The highest BCUT2D eigenvalue weighted by Crippen LogP contribution is 2.19. The lowest BCUT2D eigenvalue weighted by Crippen LogP contribution is -2.59. The van der Waals surface area contributed by atoms with Crippen molar-refractivity contribution >= 4 is 23.4 Å². The van der Waals surface area contributed by atoms with Gasteiger partial charge in [-0.3, -0.25) is 19.3 Å². The maximum absolute atomic E-state index is 13.1. The summed E-state index contributed by atoms with van der Waals surface area (Å²) in [7, 11) is 0. The van der Waals surface area contributed by atoms with E-state index < -0.39 is 6.04 Å². The second-order valence-corrected chi connectivity index (χ2v) is 8.25. The third-order valence-electron chi connectivity index (χ3n) is 5.90. The zero-order valence-electron chi connectivity index (χ0n) is 17.8. The molecule has 1 fully saturated rings. The van der Waals surface area contributed by atoms with Crippen molar-refractivity contribution < 1.29 is 14.4 Å². The highest BCUT2D eigenvalue weighted by atomic mass is 16.2. The fourth-order valence-corrected chi connectivity index (χ4v) is 4.30. The number of rotatable bonds is 5. The van der Waals surface area contributed by atoms with Crippen molar-refractivity contribution in [3.8, 4) is 0 Å². The van der Waals surface area contributed by atoms with Crippen molar-refractivity contribution in [3.63, 3.8) is 0 Å². The molecular weight excluding hydrogens is 392 g/mol. The third-order valence-corrected chi connectivity index (χ3v) is 5.90. The summed E-state index contributed by atoms with van der Waals surface area (Å²) in [6.45, 7) is 4.55. The van der Waals surface area contributed by atoms with Crippen LogP contribution in [0, 0.1) is 6.92 Å². The Balaban J connectivity index is 1.39. The van der Waals surface area contributed by atoms with Crippen molar-refractivity contribution in [3.05, 3.63) is 65.2 Å². The first-order chi connectivity index (χ1) is 15.0. The minimum atomic E-state index is -0.789. The Kier molecular flexibility index (Phi) is 6.32. The van der Waals surface area contributed by atoms with Gasteiger partial charge >= 0.3 is 0 Å². The van der Waals surface area contributed by atoms with Gasteiger partial charge in [-0.15, -0.1) is 0 Å².